The maximum Gasteiger partial charge on any atom is 0.131 e. The number of nitrogens with zero attached hydrogens (tertiary/aromatic N) is 1. The quantitative estimate of drug-likeness (QED) is 0.907. The highest BCUT2D eigenvalue weighted by Gasteiger charge is 2.16. The van der Waals surface area contributed by atoms with E-state index in [4.69, 9.17) is 0 Å². The van der Waals surface area contributed by atoms with Gasteiger partial charge in [-0.1, -0.05) is 6.07 Å². The van der Waals surface area contributed by atoms with E-state index in [2.05, 4.69) is 4.98 Å². The van der Waals surface area contributed by atoms with Crippen LogP contribution in [0, 0.1) is 18.6 Å². The number of rotatable bonds is 3. The second kappa shape index (κ2) is 5.23. The van der Waals surface area contributed by atoms with Crippen LogP contribution in [-0.4, -0.2) is 10.1 Å². The van der Waals surface area contributed by atoms with Gasteiger partial charge in [0, 0.05) is 29.9 Å². The molecule has 0 saturated carbocycles. The van der Waals surface area contributed by atoms with Crippen LogP contribution in [0.2, 0.25) is 0 Å². The van der Waals surface area contributed by atoms with Crippen LogP contribution in [0.4, 0.5) is 8.78 Å². The lowest BCUT2D eigenvalue weighted by atomic mass is 10.0. The molecule has 0 radical (unpaired) electrons. The minimum Gasteiger partial charge on any atom is -0.388 e. The highest BCUT2D eigenvalue weighted by molar-refractivity contribution is 5.28. The second-order valence-corrected chi connectivity index (χ2v) is 4.16. The third-order valence-electron chi connectivity index (χ3n) is 2.77. The molecule has 2 aromatic rings. The van der Waals surface area contributed by atoms with Gasteiger partial charge in [-0.15, -0.1) is 0 Å². The molecular weight excluding hydrogens is 236 g/mol. The monoisotopic (exact) mass is 249 g/mol. The van der Waals surface area contributed by atoms with Crippen molar-refractivity contribution in [1.29, 1.82) is 0 Å². The average Bonchev–Trinajstić information content (AvgIpc) is 2.35. The summed E-state index contributed by atoms with van der Waals surface area (Å²) >= 11 is 0. The van der Waals surface area contributed by atoms with Crippen LogP contribution in [0.5, 0.6) is 0 Å². The molecule has 18 heavy (non-hydrogen) atoms. The first-order chi connectivity index (χ1) is 8.58. The van der Waals surface area contributed by atoms with E-state index in [0.717, 1.165) is 6.07 Å². The lowest BCUT2D eigenvalue weighted by Crippen LogP contribution is -2.06. The van der Waals surface area contributed by atoms with Crippen LogP contribution >= 0.6 is 0 Å². The van der Waals surface area contributed by atoms with E-state index in [1.54, 1.807) is 24.4 Å². The summed E-state index contributed by atoms with van der Waals surface area (Å²) in [7, 11) is 0. The summed E-state index contributed by atoms with van der Waals surface area (Å²) in [4.78, 5) is 4.06. The van der Waals surface area contributed by atoms with Gasteiger partial charge in [-0.05, 0) is 30.7 Å². The summed E-state index contributed by atoms with van der Waals surface area (Å²) in [5.74, 6) is -1.34. The number of halogens is 2. The third-order valence-corrected chi connectivity index (χ3v) is 2.77. The molecule has 1 aromatic carbocycles. The van der Waals surface area contributed by atoms with Crippen molar-refractivity contribution in [2.75, 3.05) is 0 Å². The Hall–Kier alpha value is -1.81. The van der Waals surface area contributed by atoms with Crippen LogP contribution in [0.25, 0.3) is 0 Å². The van der Waals surface area contributed by atoms with E-state index in [0.29, 0.717) is 11.3 Å². The molecule has 2 nitrogen and oxygen atoms in total. The molecule has 4 heteroatoms. The van der Waals surface area contributed by atoms with Gasteiger partial charge in [0.1, 0.15) is 11.6 Å². The Morgan fingerprint density at radius 1 is 1.22 bits per heavy atom. The van der Waals surface area contributed by atoms with Gasteiger partial charge in [-0.2, -0.15) is 0 Å². The van der Waals surface area contributed by atoms with E-state index >= 15 is 0 Å². The van der Waals surface area contributed by atoms with Crippen LogP contribution in [0.1, 0.15) is 22.9 Å². The van der Waals surface area contributed by atoms with Crippen LogP contribution < -0.4 is 0 Å². The van der Waals surface area contributed by atoms with Crippen molar-refractivity contribution in [2.45, 2.75) is 19.4 Å². The molecule has 1 heterocycles. The normalized spacial score (nSPS) is 12.4. The number of pyridine rings is 1. The van der Waals surface area contributed by atoms with Crippen molar-refractivity contribution >= 4 is 0 Å². The molecule has 1 atom stereocenters. The van der Waals surface area contributed by atoms with E-state index in [-0.39, 0.29) is 12.0 Å². The Kier molecular flexibility index (Phi) is 3.67. The highest BCUT2D eigenvalue weighted by Crippen LogP contribution is 2.23. The Balaban J connectivity index is 2.24. The molecule has 94 valence electrons. The molecule has 0 fully saturated rings. The molecule has 0 aliphatic carbocycles. The van der Waals surface area contributed by atoms with E-state index in [9.17, 15) is 13.9 Å². The van der Waals surface area contributed by atoms with Gasteiger partial charge >= 0.3 is 0 Å². The molecule has 0 amide bonds. The zero-order valence-electron chi connectivity index (χ0n) is 9.90. The molecule has 0 aliphatic rings. The summed E-state index contributed by atoms with van der Waals surface area (Å²) < 4.78 is 26.7. The minimum absolute atomic E-state index is 0.0968. The SMILES string of the molecule is Cc1cc(C(O)Cc2ccccn2)c(F)cc1F. The molecule has 0 saturated heterocycles. The van der Waals surface area contributed by atoms with Gasteiger partial charge in [-0.3, -0.25) is 4.98 Å². The molecule has 1 N–H and O–H groups in total. The highest BCUT2D eigenvalue weighted by atomic mass is 19.1. The number of hydrogen-bond donors (Lipinski definition) is 1. The summed E-state index contributed by atoms with van der Waals surface area (Å²) in [5.41, 5.74) is 1.07. The summed E-state index contributed by atoms with van der Waals surface area (Å²) in [6, 6.07) is 7.43. The fourth-order valence-electron chi connectivity index (χ4n) is 1.76. The lowest BCUT2D eigenvalue weighted by molar-refractivity contribution is 0.172. The van der Waals surface area contributed by atoms with Gasteiger partial charge in [-0.25, -0.2) is 8.78 Å². The fourth-order valence-corrected chi connectivity index (χ4v) is 1.76. The fraction of sp³-hybridized carbons (Fsp3) is 0.214. The smallest absolute Gasteiger partial charge is 0.131 e. The number of hydrogen-bond acceptors (Lipinski definition) is 2. The van der Waals surface area contributed by atoms with Crippen LogP contribution in [0.3, 0.4) is 0 Å². The van der Waals surface area contributed by atoms with Gasteiger partial charge in [0.05, 0.1) is 6.10 Å². The summed E-state index contributed by atoms with van der Waals surface area (Å²) in [6.07, 6.45) is 0.774. The van der Waals surface area contributed by atoms with E-state index in [1.807, 2.05) is 0 Å². The van der Waals surface area contributed by atoms with Gasteiger partial charge in [0.2, 0.25) is 0 Å². The number of aromatic nitrogens is 1. The topological polar surface area (TPSA) is 33.1 Å². The Morgan fingerprint density at radius 3 is 2.67 bits per heavy atom. The number of benzene rings is 1. The zero-order valence-corrected chi connectivity index (χ0v) is 9.90. The van der Waals surface area contributed by atoms with Gasteiger partial charge in [0.25, 0.3) is 0 Å². The lowest BCUT2D eigenvalue weighted by Gasteiger charge is -2.12. The Morgan fingerprint density at radius 2 is 2.00 bits per heavy atom. The van der Waals surface area contributed by atoms with Crippen molar-refractivity contribution < 1.29 is 13.9 Å². The van der Waals surface area contributed by atoms with Crippen molar-refractivity contribution in [3.8, 4) is 0 Å². The van der Waals surface area contributed by atoms with Crippen molar-refractivity contribution in [1.82, 2.24) is 4.98 Å². The maximum absolute atomic E-state index is 13.6. The standard InChI is InChI=1S/C14H13F2NO/c1-9-6-11(13(16)8-12(9)15)14(18)7-10-4-2-3-5-17-10/h2-6,8,14,18H,7H2,1H3. The van der Waals surface area contributed by atoms with E-state index in [1.165, 1.54) is 13.0 Å². The largest absolute Gasteiger partial charge is 0.388 e. The second-order valence-electron chi connectivity index (χ2n) is 4.16. The van der Waals surface area contributed by atoms with Crippen molar-refractivity contribution in [3.05, 3.63) is 65.0 Å². The molecule has 0 aliphatic heterocycles. The first-order valence-corrected chi connectivity index (χ1v) is 5.61. The Labute approximate surface area is 104 Å². The van der Waals surface area contributed by atoms with Crippen molar-refractivity contribution in [3.63, 3.8) is 0 Å². The first-order valence-electron chi connectivity index (χ1n) is 5.61. The third kappa shape index (κ3) is 2.71. The number of aliphatic hydroxyl groups excluding tert-OH is 1. The molecule has 1 unspecified atom stereocenters. The molecule has 0 bridgehead atoms. The average molecular weight is 249 g/mol. The Bertz CT molecular complexity index is 543. The van der Waals surface area contributed by atoms with Gasteiger partial charge < -0.3 is 5.11 Å². The van der Waals surface area contributed by atoms with Crippen LogP contribution in [0.15, 0.2) is 36.5 Å². The van der Waals surface area contributed by atoms with Crippen LogP contribution in [-0.2, 0) is 6.42 Å². The molecule has 2 rings (SSSR count). The molecular formula is C14H13F2NO. The molecule has 0 spiro atoms. The van der Waals surface area contributed by atoms with Crippen molar-refractivity contribution in [2.24, 2.45) is 0 Å². The summed E-state index contributed by atoms with van der Waals surface area (Å²) in [5, 5.41) is 9.97. The predicted octanol–water partition coefficient (Wildman–Crippen LogP) is 2.94. The molecule has 1 aromatic heterocycles. The zero-order chi connectivity index (χ0) is 13.1. The maximum atomic E-state index is 13.6. The number of aliphatic hydroxyl groups is 1. The number of aryl methyl sites for hydroxylation is 1. The van der Waals surface area contributed by atoms with Gasteiger partial charge in [0.15, 0.2) is 0 Å². The minimum atomic E-state index is -1.03. The first kappa shape index (κ1) is 12.6. The van der Waals surface area contributed by atoms with E-state index < -0.39 is 17.7 Å². The predicted molar refractivity (Wildman–Crippen MR) is 64.0 cm³/mol. The summed E-state index contributed by atoms with van der Waals surface area (Å²) in [6.45, 7) is 1.53.